The second-order valence-electron chi connectivity index (χ2n) is 5.44. The van der Waals surface area contributed by atoms with Crippen LogP contribution >= 0.6 is 11.6 Å². The van der Waals surface area contributed by atoms with Crippen molar-refractivity contribution in [1.82, 2.24) is 9.78 Å². The van der Waals surface area contributed by atoms with E-state index in [1.807, 2.05) is 0 Å². The molecule has 0 aliphatic heterocycles. The average molecular weight is 363 g/mol. The van der Waals surface area contributed by atoms with Crippen LogP contribution < -0.4 is 0 Å². The molecule has 0 saturated heterocycles. The highest BCUT2D eigenvalue weighted by Gasteiger charge is 2.12. The van der Waals surface area contributed by atoms with Crippen molar-refractivity contribution in [2.24, 2.45) is 0 Å². The van der Waals surface area contributed by atoms with E-state index in [-0.39, 0.29) is 11.6 Å². The largest absolute Gasteiger partial charge is 0.478 e. The molecule has 1 aromatic heterocycles. The predicted molar refractivity (Wildman–Crippen MR) is 91.7 cm³/mol. The number of carboxylic acids is 1. The predicted octanol–water partition coefficient (Wildman–Crippen LogP) is 4.44. The fraction of sp³-hybridized carbons (Fsp3) is 0.111. The number of carboxylic acid groups (broad SMARTS) is 1. The number of hydrogen-bond acceptors (Lipinski definition) is 2. The molecule has 3 rings (SSSR count). The molecular formula is C18H13ClF2N2O2. The summed E-state index contributed by atoms with van der Waals surface area (Å²) in [4.78, 5) is 10.8. The molecule has 0 radical (unpaired) electrons. The van der Waals surface area contributed by atoms with Gasteiger partial charge in [-0.3, -0.25) is 4.68 Å². The molecule has 128 valence electrons. The van der Waals surface area contributed by atoms with Gasteiger partial charge in [0.2, 0.25) is 0 Å². The summed E-state index contributed by atoms with van der Waals surface area (Å²) in [6.45, 7) is -0.384. The van der Waals surface area contributed by atoms with Crippen LogP contribution in [0.15, 0.2) is 42.5 Å². The Morgan fingerprint density at radius 3 is 2.76 bits per heavy atom. The van der Waals surface area contributed by atoms with Crippen molar-refractivity contribution in [2.75, 3.05) is 0 Å². The second-order valence-corrected chi connectivity index (χ2v) is 5.84. The van der Waals surface area contributed by atoms with Crippen molar-refractivity contribution in [3.8, 4) is 0 Å². The van der Waals surface area contributed by atoms with Gasteiger partial charge in [0.15, 0.2) is 0 Å². The van der Waals surface area contributed by atoms with E-state index in [1.54, 1.807) is 28.9 Å². The third kappa shape index (κ3) is 3.69. The average Bonchev–Trinajstić information content (AvgIpc) is 2.92. The third-order valence-corrected chi connectivity index (χ3v) is 4.07. The zero-order valence-electron chi connectivity index (χ0n) is 12.9. The maximum Gasteiger partial charge on any atom is 0.328 e. The van der Waals surface area contributed by atoms with Gasteiger partial charge in [-0.15, -0.1) is 0 Å². The summed E-state index contributed by atoms with van der Waals surface area (Å²) in [6.07, 6.45) is 2.36. The number of nitrogens with zero attached hydrogens (tertiary/aromatic N) is 2. The van der Waals surface area contributed by atoms with Crippen LogP contribution in [0.25, 0.3) is 17.0 Å². The molecule has 0 unspecified atom stereocenters. The zero-order valence-corrected chi connectivity index (χ0v) is 13.7. The van der Waals surface area contributed by atoms with Gasteiger partial charge >= 0.3 is 5.97 Å². The summed E-state index contributed by atoms with van der Waals surface area (Å²) in [5.41, 5.74) is 2.21. The van der Waals surface area contributed by atoms with E-state index in [0.717, 1.165) is 6.08 Å². The van der Waals surface area contributed by atoms with Gasteiger partial charge in [-0.2, -0.15) is 5.10 Å². The number of rotatable bonds is 5. The van der Waals surface area contributed by atoms with Crippen LogP contribution in [-0.2, 0) is 18.0 Å². The highest BCUT2D eigenvalue weighted by atomic mass is 35.5. The van der Waals surface area contributed by atoms with Crippen LogP contribution in [0, 0.1) is 5.82 Å². The second kappa shape index (κ2) is 7.03. The van der Waals surface area contributed by atoms with E-state index in [0.29, 0.717) is 27.7 Å². The molecule has 0 amide bonds. The van der Waals surface area contributed by atoms with Crippen molar-refractivity contribution >= 4 is 34.5 Å². The first-order chi connectivity index (χ1) is 12.0. The highest BCUT2D eigenvalue weighted by molar-refractivity contribution is 6.31. The van der Waals surface area contributed by atoms with Gasteiger partial charge in [0.25, 0.3) is 0 Å². The van der Waals surface area contributed by atoms with Crippen molar-refractivity contribution in [3.63, 3.8) is 0 Å². The van der Waals surface area contributed by atoms with Crippen molar-refractivity contribution in [3.05, 3.63) is 70.1 Å². The van der Waals surface area contributed by atoms with Gasteiger partial charge in [0.05, 0.1) is 17.8 Å². The van der Waals surface area contributed by atoms with E-state index in [9.17, 15) is 13.6 Å². The highest BCUT2D eigenvalue weighted by Crippen LogP contribution is 2.25. The van der Waals surface area contributed by atoms with Crippen molar-refractivity contribution in [2.45, 2.75) is 13.2 Å². The van der Waals surface area contributed by atoms with E-state index >= 15 is 0 Å². The Bertz CT molecular complexity index is 983. The van der Waals surface area contributed by atoms with E-state index in [1.165, 1.54) is 18.2 Å². The number of benzene rings is 2. The minimum absolute atomic E-state index is 0.242. The van der Waals surface area contributed by atoms with Crippen LogP contribution in [0.4, 0.5) is 8.78 Å². The SMILES string of the molecule is O=C(O)C=Cc1nn(Cc2ccc(F)cc2Cl)c2cc(CF)ccc12. The van der Waals surface area contributed by atoms with Gasteiger partial charge < -0.3 is 5.11 Å². The lowest BCUT2D eigenvalue weighted by Gasteiger charge is -2.07. The monoisotopic (exact) mass is 362 g/mol. The summed E-state index contributed by atoms with van der Waals surface area (Å²) >= 11 is 6.07. The Kier molecular flexibility index (Phi) is 4.81. The van der Waals surface area contributed by atoms with Gasteiger partial charge in [-0.1, -0.05) is 29.8 Å². The first-order valence-electron chi connectivity index (χ1n) is 7.38. The molecule has 1 heterocycles. The van der Waals surface area contributed by atoms with Crippen molar-refractivity contribution < 1.29 is 18.7 Å². The van der Waals surface area contributed by atoms with Crippen LogP contribution in [0.3, 0.4) is 0 Å². The Morgan fingerprint density at radius 1 is 1.28 bits per heavy atom. The first kappa shape index (κ1) is 17.1. The van der Waals surface area contributed by atoms with E-state index < -0.39 is 18.5 Å². The zero-order chi connectivity index (χ0) is 18.0. The third-order valence-electron chi connectivity index (χ3n) is 3.72. The molecular weight excluding hydrogens is 350 g/mol. The Morgan fingerprint density at radius 2 is 2.08 bits per heavy atom. The summed E-state index contributed by atoms with van der Waals surface area (Å²) in [6, 6.07) is 9.03. The number of aromatic nitrogens is 2. The summed E-state index contributed by atoms with van der Waals surface area (Å²) in [7, 11) is 0. The summed E-state index contributed by atoms with van der Waals surface area (Å²) in [5.74, 6) is -1.53. The molecule has 0 atom stereocenters. The fourth-order valence-corrected chi connectivity index (χ4v) is 2.76. The Balaban J connectivity index is 2.10. The topological polar surface area (TPSA) is 55.1 Å². The number of hydrogen-bond donors (Lipinski definition) is 1. The maximum absolute atomic E-state index is 13.2. The molecule has 0 bridgehead atoms. The lowest BCUT2D eigenvalue weighted by molar-refractivity contribution is -0.131. The molecule has 0 spiro atoms. The molecule has 0 aliphatic carbocycles. The maximum atomic E-state index is 13.2. The van der Waals surface area contributed by atoms with E-state index in [4.69, 9.17) is 16.7 Å². The lowest BCUT2D eigenvalue weighted by Crippen LogP contribution is -2.03. The van der Waals surface area contributed by atoms with Gasteiger partial charge in [-0.05, 0) is 35.4 Å². The number of halogens is 3. The summed E-state index contributed by atoms with van der Waals surface area (Å²) < 4.78 is 27.8. The van der Waals surface area contributed by atoms with Crippen molar-refractivity contribution in [1.29, 1.82) is 0 Å². The minimum atomic E-state index is -1.09. The standard InChI is InChI=1S/C18H13ClF2N2O2/c19-15-8-13(21)3-2-12(15)10-23-17-7-11(9-20)1-4-14(17)16(22-23)5-6-18(24)25/h1-8H,9-10H2,(H,24,25). The smallest absolute Gasteiger partial charge is 0.328 e. The molecule has 1 N–H and O–H groups in total. The molecule has 2 aromatic carbocycles. The van der Waals surface area contributed by atoms with Gasteiger partial charge in [0.1, 0.15) is 12.5 Å². The Labute approximate surface area is 147 Å². The van der Waals surface area contributed by atoms with Crippen LogP contribution in [-0.4, -0.2) is 20.9 Å². The summed E-state index contributed by atoms with van der Waals surface area (Å²) in [5, 5.41) is 14.1. The quantitative estimate of drug-likeness (QED) is 0.682. The number of aliphatic carboxylic acids is 1. The number of alkyl halides is 1. The number of fused-ring (bicyclic) bond motifs is 1. The molecule has 0 aliphatic rings. The fourth-order valence-electron chi connectivity index (χ4n) is 2.53. The first-order valence-corrected chi connectivity index (χ1v) is 7.76. The van der Waals surface area contributed by atoms with Crippen LogP contribution in [0.5, 0.6) is 0 Å². The molecule has 25 heavy (non-hydrogen) atoms. The minimum Gasteiger partial charge on any atom is -0.478 e. The molecule has 0 saturated carbocycles. The normalized spacial score (nSPS) is 11.5. The molecule has 0 fully saturated rings. The molecule has 4 nitrogen and oxygen atoms in total. The lowest BCUT2D eigenvalue weighted by atomic mass is 10.1. The van der Waals surface area contributed by atoms with E-state index in [2.05, 4.69) is 5.10 Å². The van der Waals surface area contributed by atoms with Crippen LogP contribution in [0.2, 0.25) is 5.02 Å². The van der Waals surface area contributed by atoms with Gasteiger partial charge in [0, 0.05) is 16.5 Å². The Hall–Kier alpha value is -2.73. The van der Waals surface area contributed by atoms with Gasteiger partial charge in [-0.25, -0.2) is 13.6 Å². The molecule has 7 heteroatoms. The molecule has 3 aromatic rings. The number of carbonyl (C=O) groups is 1. The van der Waals surface area contributed by atoms with Crippen LogP contribution in [0.1, 0.15) is 16.8 Å².